The summed E-state index contributed by atoms with van der Waals surface area (Å²) in [5, 5.41) is 9.89. The second-order valence-corrected chi connectivity index (χ2v) is 5.85. The van der Waals surface area contributed by atoms with Gasteiger partial charge in [0.25, 0.3) is 0 Å². The third kappa shape index (κ3) is 5.49. The summed E-state index contributed by atoms with van der Waals surface area (Å²) in [5.41, 5.74) is 17.3. The van der Waals surface area contributed by atoms with Crippen molar-refractivity contribution < 1.29 is 9.90 Å². The fraction of sp³-hybridized carbons (Fsp3) is 0.588. The van der Waals surface area contributed by atoms with Gasteiger partial charge in [0.15, 0.2) is 0 Å². The molecule has 1 rings (SSSR count). The molecule has 0 unspecified atom stereocenters. The van der Waals surface area contributed by atoms with Gasteiger partial charge in [-0.15, -0.1) is 0 Å². The van der Waals surface area contributed by atoms with Crippen LogP contribution in [0.15, 0.2) is 30.3 Å². The molecule has 6 heteroatoms. The number of carbonyl (C=O) groups is 1. The van der Waals surface area contributed by atoms with E-state index in [4.69, 9.17) is 17.2 Å². The minimum atomic E-state index is -0.942. The number of rotatable bonds is 11. The van der Waals surface area contributed by atoms with Gasteiger partial charge in [-0.1, -0.05) is 18.2 Å². The van der Waals surface area contributed by atoms with Crippen LogP contribution in [0.25, 0.3) is 0 Å². The van der Waals surface area contributed by atoms with Crippen LogP contribution in [0.3, 0.4) is 0 Å². The monoisotopic (exact) mass is 322 g/mol. The Hall–Kier alpha value is -1.63. The number of para-hydroxylation sites is 1. The van der Waals surface area contributed by atoms with Gasteiger partial charge in [0, 0.05) is 5.69 Å². The van der Waals surface area contributed by atoms with Crippen LogP contribution in [-0.2, 0) is 0 Å². The highest BCUT2D eigenvalue weighted by Gasteiger charge is 2.39. The molecule has 7 N–H and O–H groups in total. The molecule has 23 heavy (non-hydrogen) atoms. The van der Waals surface area contributed by atoms with Crippen molar-refractivity contribution in [2.24, 2.45) is 17.2 Å². The molecule has 0 saturated carbocycles. The highest BCUT2D eigenvalue weighted by Crippen LogP contribution is 2.36. The molecule has 130 valence electrons. The highest BCUT2D eigenvalue weighted by atomic mass is 16.4. The van der Waals surface area contributed by atoms with Gasteiger partial charge < -0.3 is 22.3 Å². The first kappa shape index (κ1) is 19.4. The van der Waals surface area contributed by atoms with E-state index in [0.29, 0.717) is 44.6 Å². The molecule has 0 atom stereocenters. The van der Waals surface area contributed by atoms with Gasteiger partial charge in [-0.25, -0.2) is 4.79 Å². The van der Waals surface area contributed by atoms with Crippen molar-refractivity contribution in [1.82, 2.24) is 0 Å². The molecule has 0 fully saturated rings. The Morgan fingerprint density at radius 2 is 1.35 bits per heavy atom. The molecule has 0 bridgehead atoms. The summed E-state index contributed by atoms with van der Waals surface area (Å²) in [4.78, 5) is 13.6. The van der Waals surface area contributed by atoms with Crippen LogP contribution >= 0.6 is 0 Å². The van der Waals surface area contributed by atoms with E-state index in [2.05, 4.69) is 0 Å². The molecule has 1 aromatic rings. The Kier molecular flexibility index (Phi) is 8.61. The molecular formula is C17H30N4O2. The summed E-state index contributed by atoms with van der Waals surface area (Å²) < 4.78 is 0. The first-order valence-electron chi connectivity index (χ1n) is 8.29. The number of carboxylic acid groups (broad SMARTS) is 1. The van der Waals surface area contributed by atoms with E-state index in [9.17, 15) is 9.90 Å². The zero-order chi connectivity index (χ0) is 17.1. The van der Waals surface area contributed by atoms with Crippen LogP contribution in [0.2, 0.25) is 0 Å². The van der Waals surface area contributed by atoms with E-state index in [1.54, 1.807) is 0 Å². The van der Waals surface area contributed by atoms with Crippen LogP contribution in [0.4, 0.5) is 10.5 Å². The van der Waals surface area contributed by atoms with Gasteiger partial charge in [-0.2, -0.15) is 0 Å². The Balaban J connectivity index is 3.24. The smallest absolute Gasteiger partial charge is 0.412 e. The number of benzene rings is 1. The molecule has 0 spiro atoms. The number of hydrogen-bond donors (Lipinski definition) is 4. The summed E-state index contributed by atoms with van der Waals surface area (Å²) in [6, 6.07) is 9.24. The van der Waals surface area contributed by atoms with Crippen LogP contribution in [0, 0.1) is 0 Å². The summed E-state index contributed by atoms with van der Waals surface area (Å²) >= 11 is 0. The van der Waals surface area contributed by atoms with E-state index in [1.165, 1.54) is 4.90 Å². The van der Waals surface area contributed by atoms with Crippen molar-refractivity contribution in [3.63, 3.8) is 0 Å². The van der Waals surface area contributed by atoms with Crippen LogP contribution < -0.4 is 22.1 Å². The lowest BCUT2D eigenvalue weighted by Gasteiger charge is -2.43. The van der Waals surface area contributed by atoms with E-state index < -0.39 is 11.6 Å². The molecule has 0 aliphatic heterocycles. The predicted molar refractivity (Wildman–Crippen MR) is 94.5 cm³/mol. The largest absolute Gasteiger partial charge is 0.465 e. The maximum Gasteiger partial charge on any atom is 0.412 e. The first-order chi connectivity index (χ1) is 11.1. The van der Waals surface area contributed by atoms with E-state index >= 15 is 0 Å². The van der Waals surface area contributed by atoms with Gasteiger partial charge in [0.1, 0.15) is 0 Å². The highest BCUT2D eigenvalue weighted by molar-refractivity contribution is 5.87. The Morgan fingerprint density at radius 1 is 0.913 bits per heavy atom. The number of amides is 1. The standard InChI is InChI=1S/C17H30N4O2/c18-12-4-9-17(10-5-13-19,11-6-14-20)21(16(22)23)15-7-2-1-3-8-15/h1-3,7-8H,4-6,9-14,18-20H2,(H,22,23). The maximum atomic E-state index is 12.1. The van der Waals surface area contributed by atoms with Crippen molar-refractivity contribution in [3.8, 4) is 0 Å². The van der Waals surface area contributed by atoms with Gasteiger partial charge in [0.05, 0.1) is 5.54 Å². The summed E-state index contributed by atoms with van der Waals surface area (Å²) in [6.07, 6.45) is 3.51. The van der Waals surface area contributed by atoms with E-state index in [0.717, 1.165) is 19.3 Å². The minimum absolute atomic E-state index is 0.509. The summed E-state index contributed by atoms with van der Waals surface area (Å²) in [7, 11) is 0. The molecule has 0 radical (unpaired) electrons. The maximum absolute atomic E-state index is 12.1. The Bertz CT molecular complexity index is 431. The van der Waals surface area contributed by atoms with Gasteiger partial charge in [-0.3, -0.25) is 4.90 Å². The molecule has 0 aromatic heterocycles. The summed E-state index contributed by atoms with van der Waals surface area (Å²) in [6.45, 7) is 1.61. The average molecular weight is 322 g/mol. The Morgan fingerprint density at radius 3 is 1.70 bits per heavy atom. The van der Waals surface area contributed by atoms with Crippen LogP contribution in [-0.4, -0.2) is 36.4 Å². The molecule has 0 heterocycles. The normalized spacial score (nSPS) is 11.4. The van der Waals surface area contributed by atoms with Gasteiger partial charge in [0.2, 0.25) is 0 Å². The quantitative estimate of drug-likeness (QED) is 0.497. The third-order valence-electron chi connectivity index (χ3n) is 4.22. The zero-order valence-corrected chi connectivity index (χ0v) is 13.8. The van der Waals surface area contributed by atoms with Gasteiger partial charge >= 0.3 is 6.09 Å². The van der Waals surface area contributed by atoms with Crippen LogP contribution in [0.5, 0.6) is 0 Å². The third-order valence-corrected chi connectivity index (χ3v) is 4.22. The number of nitrogens with two attached hydrogens (primary N) is 3. The number of nitrogens with zero attached hydrogens (tertiary/aromatic N) is 1. The molecule has 6 nitrogen and oxygen atoms in total. The minimum Gasteiger partial charge on any atom is -0.465 e. The molecule has 0 saturated heterocycles. The SMILES string of the molecule is NCCCC(CCCN)(CCCN)N(C(=O)O)c1ccccc1. The molecule has 0 aliphatic carbocycles. The van der Waals surface area contributed by atoms with E-state index in [1.807, 2.05) is 30.3 Å². The fourth-order valence-corrected chi connectivity index (χ4v) is 3.17. The molecule has 0 aliphatic rings. The topological polar surface area (TPSA) is 119 Å². The summed E-state index contributed by atoms with van der Waals surface area (Å²) in [5.74, 6) is 0. The fourth-order valence-electron chi connectivity index (χ4n) is 3.17. The van der Waals surface area contributed by atoms with Crippen molar-refractivity contribution >= 4 is 11.8 Å². The lowest BCUT2D eigenvalue weighted by atomic mass is 9.81. The average Bonchev–Trinajstić information content (AvgIpc) is 2.56. The van der Waals surface area contributed by atoms with Crippen LogP contribution in [0.1, 0.15) is 38.5 Å². The van der Waals surface area contributed by atoms with Crippen molar-refractivity contribution in [1.29, 1.82) is 0 Å². The predicted octanol–water partition coefficient (Wildman–Crippen LogP) is 2.13. The molecule has 1 amide bonds. The zero-order valence-electron chi connectivity index (χ0n) is 13.8. The molecule has 1 aromatic carbocycles. The number of hydrogen-bond acceptors (Lipinski definition) is 4. The number of anilines is 1. The molecular weight excluding hydrogens is 292 g/mol. The second-order valence-electron chi connectivity index (χ2n) is 5.85. The Labute approximate surface area is 138 Å². The van der Waals surface area contributed by atoms with E-state index in [-0.39, 0.29) is 0 Å². The van der Waals surface area contributed by atoms with Crippen molar-refractivity contribution in [2.75, 3.05) is 24.5 Å². The first-order valence-corrected chi connectivity index (χ1v) is 8.29. The van der Waals surface area contributed by atoms with Crippen molar-refractivity contribution in [2.45, 2.75) is 44.1 Å². The lowest BCUT2D eigenvalue weighted by molar-refractivity contribution is 0.184. The lowest BCUT2D eigenvalue weighted by Crippen LogP contribution is -2.52. The second kappa shape index (κ2) is 10.2. The van der Waals surface area contributed by atoms with Gasteiger partial charge in [-0.05, 0) is 70.3 Å². The van der Waals surface area contributed by atoms with Crippen molar-refractivity contribution in [3.05, 3.63) is 30.3 Å².